The van der Waals surface area contributed by atoms with Crippen molar-refractivity contribution in [1.82, 2.24) is 10.2 Å². The van der Waals surface area contributed by atoms with Crippen LogP contribution in [0.5, 0.6) is 0 Å². The molecule has 3 heteroatoms. The van der Waals surface area contributed by atoms with Gasteiger partial charge in [-0.3, -0.25) is 4.99 Å². The first-order valence-corrected chi connectivity index (χ1v) is 7.94. The molecule has 3 rings (SSSR count). The molecule has 0 atom stereocenters. The molecule has 1 aliphatic rings. The van der Waals surface area contributed by atoms with E-state index in [0.29, 0.717) is 5.92 Å². The minimum absolute atomic E-state index is 0.334. The van der Waals surface area contributed by atoms with Crippen LogP contribution in [0, 0.1) is 0 Å². The fourth-order valence-electron chi connectivity index (χ4n) is 2.90. The van der Waals surface area contributed by atoms with Crippen molar-refractivity contribution in [2.75, 3.05) is 26.7 Å². The van der Waals surface area contributed by atoms with Crippen molar-refractivity contribution in [3.8, 4) is 0 Å². The maximum Gasteiger partial charge on any atom is 0.193 e. The number of nitrogens with one attached hydrogen (secondary N) is 1. The number of benzene rings is 2. The molecule has 0 aromatic heterocycles. The summed E-state index contributed by atoms with van der Waals surface area (Å²) in [5, 5.41) is 3.54. The van der Waals surface area contributed by atoms with Crippen molar-refractivity contribution in [2.45, 2.75) is 12.3 Å². The van der Waals surface area contributed by atoms with Gasteiger partial charge in [-0.1, -0.05) is 60.7 Å². The highest BCUT2D eigenvalue weighted by atomic mass is 15.3. The van der Waals surface area contributed by atoms with Gasteiger partial charge in [0.2, 0.25) is 0 Å². The van der Waals surface area contributed by atoms with Crippen molar-refractivity contribution in [2.24, 2.45) is 4.99 Å². The molecular formula is C19H23N3. The lowest BCUT2D eigenvalue weighted by molar-refractivity contribution is 0.445. The summed E-state index contributed by atoms with van der Waals surface area (Å²) in [6, 6.07) is 21.4. The lowest BCUT2D eigenvalue weighted by Crippen LogP contribution is -2.43. The van der Waals surface area contributed by atoms with E-state index in [-0.39, 0.29) is 0 Å². The maximum atomic E-state index is 4.60. The van der Waals surface area contributed by atoms with Gasteiger partial charge < -0.3 is 10.2 Å². The van der Waals surface area contributed by atoms with Gasteiger partial charge in [-0.2, -0.15) is 0 Å². The zero-order chi connectivity index (χ0) is 15.2. The lowest BCUT2D eigenvalue weighted by atomic mass is 9.91. The number of aliphatic imine (C=N–C) groups is 1. The van der Waals surface area contributed by atoms with E-state index < -0.39 is 0 Å². The number of rotatable bonds is 4. The monoisotopic (exact) mass is 293 g/mol. The fraction of sp³-hybridized carbons (Fsp3) is 0.316. The lowest BCUT2D eigenvalue weighted by Gasteiger charge is -2.28. The van der Waals surface area contributed by atoms with Crippen molar-refractivity contribution < 1.29 is 0 Å². The molecule has 1 heterocycles. The molecule has 0 saturated carbocycles. The van der Waals surface area contributed by atoms with Gasteiger partial charge in [0.05, 0.1) is 0 Å². The summed E-state index contributed by atoms with van der Waals surface area (Å²) in [4.78, 5) is 6.81. The summed E-state index contributed by atoms with van der Waals surface area (Å²) < 4.78 is 0. The summed E-state index contributed by atoms with van der Waals surface area (Å²) in [5.74, 6) is 1.35. The van der Waals surface area contributed by atoms with Crippen LogP contribution in [-0.4, -0.2) is 37.5 Å². The molecule has 114 valence electrons. The molecule has 0 radical (unpaired) electrons. The number of hydrogen-bond acceptors (Lipinski definition) is 3. The SMILES string of the molecule is CN1CCCN=C1NCC(c1ccccc1)c1ccccc1. The summed E-state index contributed by atoms with van der Waals surface area (Å²) in [6.45, 7) is 2.86. The van der Waals surface area contributed by atoms with Gasteiger partial charge in [0.1, 0.15) is 0 Å². The van der Waals surface area contributed by atoms with E-state index in [1.807, 2.05) is 0 Å². The molecule has 0 fully saturated rings. The van der Waals surface area contributed by atoms with Crippen molar-refractivity contribution >= 4 is 5.96 Å². The Morgan fingerprint density at radius 3 is 2.14 bits per heavy atom. The predicted molar refractivity (Wildman–Crippen MR) is 92.3 cm³/mol. The third-order valence-electron chi connectivity index (χ3n) is 4.14. The highest BCUT2D eigenvalue weighted by Gasteiger charge is 2.16. The van der Waals surface area contributed by atoms with E-state index in [4.69, 9.17) is 0 Å². The maximum absolute atomic E-state index is 4.60. The number of hydrogen-bond donors (Lipinski definition) is 1. The predicted octanol–water partition coefficient (Wildman–Crippen LogP) is 3.10. The van der Waals surface area contributed by atoms with Gasteiger partial charge in [-0.15, -0.1) is 0 Å². The van der Waals surface area contributed by atoms with Crippen LogP contribution >= 0.6 is 0 Å². The smallest absolute Gasteiger partial charge is 0.193 e. The molecule has 0 saturated heterocycles. The van der Waals surface area contributed by atoms with Gasteiger partial charge in [0.25, 0.3) is 0 Å². The third-order valence-corrected chi connectivity index (χ3v) is 4.14. The molecular weight excluding hydrogens is 270 g/mol. The van der Waals surface area contributed by atoms with Gasteiger partial charge in [0.15, 0.2) is 5.96 Å². The molecule has 3 nitrogen and oxygen atoms in total. The van der Waals surface area contributed by atoms with Crippen LogP contribution in [0.3, 0.4) is 0 Å². The highest BCUT2D eigenvalue weighted by Crippen LogP contribution is 2.23. The summed E-state index contributed by atoms with van der Waals surface area (Å²) in [5.41, 5.74) is 2.67. The Balaban J connectivity index is 1.79. The zero-order valence-corrected chi connectivity index (χ0v) is 13.1. The van der Waals surface area contributed by atoms with Crippen molar-refractivity contribution in [3.63, 3.8) is 0 Å². The van der Waals surface area contributed by atoms with Crippen LogP contribution < -0.4 is 5.32 Å². The fourth-order valence-corrected chi connectivity index (χ4v) is 2.90. The van der Waals surface area contributed by atoms with Crippen LogP contribution in [-0.2, 0) is 0 Å². The van der Waals surface area contributed by atoms with E-state index in [2.05, 4.69) is 82.9 Å². The molecule has 0 bridgehead atoms. The van der Waals surface area contributed by atoms with Crippen molar-refractivity contribution in [3.05, 3.63) is 71.8 Å². The van der Waals surface area contributed by atoms with E-state index in [9.17, 15) is 0 Å². The van der Waals surface area contributed by atoms with Gasteiger partial charge in [-0.25, -0.2) is 0 Å². The first kappa shape index (κ1) is 14.6. The van der Waals surface area contributed by atoms with E-state index in [1.165, 1.54) is 11.1 Å². The Labute approximate surface area is 132 Å². The molecule has 1 N–H and O–H groups in total. The molecule has 2 aromatic rings. The average Bonchev–Trinajstić information content (AvgIpc) is 2.59. The van der Waals surface area contributed by atoms with Crippen LogP contribution in [0.1, 0.15) is 23.5 Å². The van der Waals surface area contributed by atoms with Gasteiger partial charge in [-0.05, 0) is 17.5 Å². The molecule has 2 aromatic carbocycles. The third kappa shape index (κ3) is 3.48. The molecule has 1 aliphatic heterocycles. The Kier molecular flexibility index (Phi) is 4.74. The Hall–Kier alpha value is -2.29. The van der Waals surface area contributed by atoms with Crippen LogP contribution in [0.15, 0.2) is 65.7 Å². The molecule has 0 amide bonds. The largest absolute Gasteiger partial charge is 0.355 e. The summed E-state index contributed by atoms with van der Waals surface area (Å²) in [7, 11) is 2.10. The zero-order valence-electron chi connectivity index (χ0n) is 13.1. The second-order valence-corrected chi connectivity index (χ2v) is 5.74. The first-order chi connectivity index (χ1) is 10.8. The quantitative estimate of drug-likeness (QED) is 0.938. The molecule has 0 unspecified atom stereocenters. The van der Waals surface area contributed by atoms with E-state index >= 15 is 0 Å². The molecule has 22 heavy (non-hydrogen) atoms. The summed E-state index contributed by atoms with van der Waals surface area (Å²) in [6.07, 6.45) is 1.14. The van der Waals surface area contributed by atoms with Crippen molar-refractivity contribution in [1.29, 1.82) is 0 Å². The van der Waals surface area contributed by atoms with Crippen LogP contribution in [0.25, 0.3) is 0 Å². The van der Waals surface area contributed by atoms with Crippen LogP contribution in [0.4, 0.5) is 0 Å². The Bertz CT molecular complexity index is 568. The second kappa shape index (κ2) is 7.12. The average molecular weight is 293 g/mol. The minimum Gasteiger partial charge on any atom is -0.355 e. The Morgan fingerprint density at radius 1 is 1.00 bits per heavy atom. The minimum atomic E-state index is 0.334. The van der Waals surface area contributed by atoms with Gasteiger partial charge in [0, 0.05) is 32.6 Å². The van der Waals surface area contributed by atoms with E-state index in [0.717, 1.165) is 32.0 Å². The highest BCUT2D eigenvalue weighted by molar-refractivity contribution is 5.80. The normalized spacial score (nSPS) is 14.8. The van der Waals surface area contributed by atoms with Gasteiger partial charge >= 0.3 is 0 Å². The van der Waals surface area contributed by atoms with Crippen LogP contribution in [0.2, 0.25) is 0 Å². The molecule has 0 spiro atoms. The molecule has 0 aliphatic carbocycles. The first-order valence-electron chi connectivity index (χ1n) is 7.94. The van der Waals surface area contributed by atoms with E-state index in [1.54, 1.807) is 0 Å². The standard InChI is InChI=1S/C19H23N3/c1-22-14-8-13-20-19(22)21-15-18(16-9-4-2-5-10-16)17-11-6-3-7-12-17/h2-7,9-12,18H,8,13-15H2,1H3,(H,20,21). The number of guanidine groups is 1. The Morgan fingerprint density at radius 2 is 1.59 bits per heavy atom. The number of nitrogens with zero attached hydrogens (tertiary/aromatic N) is 2. The second-order valence-electron chi connectivity index (χ2n) is 5.74. The topological polar surface area (TPSA) is 27.6 Å². The summed E-state index contributed by atoms with van der Waals surface area (Å²) >= 11 is 0.